The quantitative estimate of drug-likeness (QED) is 0.801. The van der Waals surface area contributed by atoms with Crippen molar-refractivity contribution in [2.75, 3.05) is 19.7 Å². The summed E-state index contributed by atoms with van der Waals surface area (Å²) >= 11 is 5.17. The number of hydrogen-bond acceptors (Lipinski definition) is 4. The van der Waals surface area contributed by atoms with Gasteiger partial charge in [0, 0.05) is 30.4 Å². The minimum atomic E-state index is -0.113. The molecule has 26 heavy (non-hydrogen) atoms. The van der Waals surface area contributed by atoms with Crippen molar-refractivity contribution in [1.82, 2.24) is 9.88 Å². The number of thiol groups is 1. The lowest BCUT2D eigenvalue weighted by molar-refractivity contribution is 0.147. The number of rotatable bonds is 3. The number of likely N-dealkylation sites (tertiary alicyclic amines) is 1. The maximum atomic E-state index is 5.77. The minimum Gasteiger partial charge on any atom is -0.493 e. The van der Waals surface area contributed by atoms with Crippen LogP contribution in [0.25, 0.3) is 0 Å². The van der Waals surface area contributed by atoms with Gasteiger partial charge in [0.05, 0.1) is 11.4 Å². The molecule has 138 valence electrons. The summed E-state index contributed by atoms with van der Waals surface area (Å²) in [5.74, 6) is 1.07. The van der Waals surface area contributed by atoms with Gasteiger partial charge in [-0.25, -0.2) is 0 Å². The fraction of sp³-hybridized carbons (Fsp3) is 0.500. The molecule has 1 saturated heterocycles. The largest absolute Gasteiger partial charge is 0.493 e. The van der Waals surface area contributed by atoms with E-state index >= 15 is 0 Å². The number of fused-ring (bicyclic) bond motifs is 1. The minimum absolute atomic E-state index is 0.113. The molecule has 0 unspecified atom stereocenters. The summed E-state index contributed by atoms with van der Waals surface area (Å²) in [5, 5.41) is 0. The first-order valence-corrected chi connectivity index (χ1v) is 10.1. The van der Waals surface area contributed by atoms with Crippen molar-refractivity contribution in [1.29, 1.82) is 0 Å². The summed E-state index contributed by atoms with van der Waals surface area (Å²) in [4.78, 5) is 7.10. The zero-order valence-corrected chi connectivity index (χ0v) is 16.9. The second kappa shape index (κ2) is 6.90. The topological polar surface area (TPSA) is 25.4 Å². The Bertz CT molecular complexity index is 802. The van der Waals surface area contributed by atoms with Crippen LogP contribution in [0, 0.1) is 13.8 Å². The van der Waals surface area contributed by atoms with Crippen LogP contribution in [0.4, 0.5) is 0 Å². The zero-order valence-electron chi connectivity index (χ0n) is 16.0. The molecule has 0 amide bonds. The fourth-order valence-corrected chi connectivity index (χ4v) is 4.86. The Balaban J connectivity index is 1.58. The van der Waals surface area contributed by atoms with E-state index in [1.165, 1.54) is 16.7 Å². The highest BCUT2D eigenvalue weighted by atomic mass is 32.1. The van der Waals surface area contributed by atoms with Gasteiger partial charge in [-0.15, -0.1) is 0 Å². The Morgan fingerprint density at radius 1 is 1.19 bits per heavy atom. The zero-order chi connectivity index (χ0) is 18.3. The van der Waals surface area contributed by atoms with Gasteiger partial charge in [0.25, 0.3) is 0 Å². The first-order valence-electron chi connectivity index (χ1n) is 9.62. The van der Waals surface area contributed by atoms with Crippen LogP contribution in [0.3, 0.4) is 0 Å². The lowest BCUT2D eigenvalue weighted by Gasteiger charge is -2.43. The molecular formula is C22H28N2OS. The van der Waals surface area contributed by atoms with Gasteiger partial charge >= 0.3 is 0 Å². The molecule has 0 aliphatic carbocycles. The number of nitrogens with zero attached hydrogens (tertiary/aromatic N) is 2. The van der Waals surface area contributed by atoms with E-state index in [9.17, 15) is 0 Å². The van der Waals surface area contributed by atoms with Crippen LogP contribution in [-0.2, 0) is 11.2 Å². The number of piperidine rings is 1. The molecule has 0 radical (unpaired) electrons. The third-order valence-electron chi connectivity index (χ3n) is 5.87. The molecule has 2 aromatic rings. The lowest BCUT2D eigenvalue weighted by Crippen LogP contribution is -2.44. The molecule has 0 bridgehead atoms. The van der Waals surface area contributed by atoms with Crippen molar-refractivity contribution >= 4 is 12.6 Å². The van der Waals surface area contributed by atoms with Crippen LogP contribution in [0.15, 0.2) is 30.3 Å². The third kappa shape index (κ3) is 3.37. The van der Waals surface area contributed by atoms with E-state index in [0.717, 1.165) is 56.1 Å². The van der Waals surface area contributed by atoms with E-state index < -0.39 is 0 Å². The van der Waals surface area contributed by atoms with Crippen molar-refractivity contribution in [3.05, 3.63) is 58.4 Å². The first-order chi connectivity index (χ1) is 12.4. The van der Waals surface area contributed by atoms with Crippen LogP contribution >= 0.6 is 12.6 Å². The fourth-order valence-electron chi connectivity index (χ4n) is 4.39. The Hall–Kier alpha value is -1.52. The van der Waals surface area contributed by atoms with E-state index in [1.807, 2.05) is 0 Å². The maximum Gasteiger partial charge on any atom is 0.122 e. The van der Waals surface area contributed by atoms with Crippen LogP contribution in [-0.4, -0.2) is 29.6 Å². The third-order valence-corrected chi connectivity index (χ3v) is 6.49. The van der Waals surface area contributed by atoms with Gasteiger partial charge in [-0.05, 0) is 75.0 Å². The molecule has 4 heteroatoms. The average molecular weight is 369 g/mol. The molecule has 0 saturated carbocycles. The average Bonchev–Trinajstić information content (AvgIpc) is 3.08. The van der Waals surface area contributed by atoms with E-state index in [2.05, 4.69) is 61.0 Å². The SMILES string of the molecule is Cc1cc([C@@]2(S)CCCN([C@H](C)c3ccc4c(c3)OCC4)C2)cc(C)n1. The van der Waals surface area contributed by atoms with Gasteiger partial charge in [-0.2, -0.15) is 12.6 Å². The summed E-state index contributed by atoms with van der Waals surface area (Å²) in [7, 11) is 0. The maximum absolute atomic E-state index is 5.77. The van der Waals surface area contributed by atoms with Crippen LogP contribution in [0.2, 0.25) is 0 Å². The smallest absolute Gasteiger partial charge is 0.122 e. The van der Waals surface area contributed by atoms with Crippen LogP contribution < -0.4 is 4.74 Å². The highest BCUT2D eigenvalue weighted by Gasteiger charge is 2.36. The van der Waals surface area contributed by atoms with Crippen molar-refractivity contribution in [2.45, 2.75) is 50.8 Å². The Morgan fingerprint density at radius 2 is 1.96 bits per heavy atom. The molecule has 3 heterocycles. The molecule has 2 aliphatic heterocycles. The summed E-state index contributed by atoms with van der Waals surface area (Å²) in [6.45, 7) is 9.34. The van der Waals surface area contributed by atoms with E-state index in [4.69, 9.17) is 17.4 Å². The number of benzene rings is 1. The molecule has 2 atom stereocenters. The molecule has 0 N–H and O–H groups in total. The standard InChI is InChI=1S/C22H28N2OS/c1-15-11-20(12-16(2)23-15)22(26)8-4-9-24(14-22)17(3)19-6-5-18-7-10-25-21(18)13-19/h5-6,11-13,17,26H,4,7-10,14H2,1-3H3/t17-,22-/m1/s1. The summed E-state index contributed by atoms with van der Waals surface area (Å²) in [6.07, 6.45) is 3.30. The molecule has 1 aromatic carbocycles. The van der Waals surface area contributed by atoms with Gasteiger partial charge < -0.3 is 4.74 Å². The second-order valence-electron chi connectivity index (χ2n) is 7.89. The predicted molar refractivity (Wildman–Crippen MR) is 109 cm³/mol. The van der Waals surface area contributed by atoms with Gasteiger partial charge in [-0.1, -0.05) is 12.1 Å². The number of ether oxygens (including phenoxy) is 1. The van der Waals surface area contributed by atoms with E-state index in [0.29, 0.717) is 6.04 Å². The van der Waals surface area contributed by atoms with Crippen LogP contribution in [0.5, 0.6) is 5.75 Å². The van der Waals surface area contributed by atoms with Gasteiger partial charge in [0.2, 0.25) is 0 Å². The van der Waals surface area contributed by atoms with Crippen molar-refractivity contribution in [3.63, 3.8) is 0 Å². The van der Waals surface area contributed by atoms with Crippen molar-refractivity contribution < 1.29 is 4.74 Å². The highest BCUT2D eigenvalue weighted by Crippen LogP contribution is 2.41. The molecular weight excluding hydrogens is 340 g/mol. The first kappa shape index (κ1) is 17.9. The van der Waals surface area contributed by atoms with Crippen molar-refractivity contribution in [3.8, 4) is 5.75 Å². The molecule has 3 nitrogen and oxygen atoms in total. The van der Waals surface area contributed by atoms with Gasteiger partial charge in [-0.3, -0.25) is 9.88 Å². The number of hydrogen-bond donors (Lipinski definition) is 1. The molecule has 2 aliphatic rings. The number of pyridine rings is 1. The number of aryl methyl sites for hydroxylation is 2. The second-order valence-corrected chi connectivity index (χ2v) is 8.74. The molecule has 0 spiro atoms. The van der Waals surface area contributed by atoms with Crippen LogP contribution in [0.1, 0.15) is 53.9 Å². The predicted octanol–water partition coefficient (Wildman–Crippen LogP) is 4.62. The van der Waals surface area contributed by atoms with E-state index in [-0.39, 0.29) is 4.75 Å². The highest BCUT2D eigenvalue weighted by molar-refractivity contribution is 7.81. The Morgan fingerprint density at radius 3 is 2.73 bits per heavy atom. The van der Waals surface area contributed by atoms with Gasteiger partial charge in [0.15, 0.2) is 0 Å². The van der Waals surface area contributed by atoms with Crippen molar-refractivity contribution in [2.24, 2.45) is 0 Å². The monoisotopic (exact) mass is 368 g/mol. The molecule has 4 rings (SSSR count). The molecule has 1 aromatic heterocycles. The number of aromatic nitrogens is 1. The van der Waals surface area contributed by atoms with E-state index in [1.54, 1.807) is 0 Å². The normalized spacial score (nSPS) is 24.2. The molecule has 1 fully saturated rings. The summed E-state index contributed by atoms with van der Waals surface area (Å²) in [5.41, 5.74) is 6.14. The Labute approximate surface area is 162 Å². The Kier molecular flexibility index (Phi) is 4.74. The lowest BCUT2D eigenvalue weighted by atomic mass is 9.87. The summed E-state index contributed by atoms with van der Waals surface area (Å²) in [6, 6.07) is 11.5. The summed E-state index contributed by atoms with van der Waals surface area (Å²) < 4.78 is 5.66. The van der Waals surface area contributed by atoms with Gasteiger partial charge in [0.1, 0.15) is 5.75 Å².